The Kier molecular flexibility index (Phi) is 4.93. The molecule has 0 bridgehead atoms. The molecular formula is C15H20N2OS. The summed E-state index contributed by atoms with van der Waals surface area (Å²) >= 11 is 1.63. The number of aromatic nitrogens is 1. The SMILES string of the molecule is CCC(NC(C)c1cscn1)c1ccccc1OC. The van der Waals surface area contributed by atoms with Gasteiger partial charge in [0.25, 0.3) is 0 Å². The lowest BCUT2D eigenvalue weighted by molar-refractivity contribution is 0.387. The Hall–Kier alpha value is -1.39. The molecule has 1 heterocycles. The van der Waals surface area contributed by atoms with Gasteiger partial charge in [0.15, 0.2) is 0 Å². The van der Waals surface area contributed by atoms with Crippen molar-refractivity contribution in [2.24, 2.45) is 0 Å². The molecule has 0 spiro atoms. The molecule has 1 N–H and O–H groups in total. The van der Waals surface area contributed by atoms with E-state index in [1.165, 1.54) is 5.56 Å². The Morgan fingerprint density at radius 1 is 1.37 bits per heavy atom. The second-order valence-corrected chi connectivity index (χ2v) is 5.22. The summed E-state index contributed by atoms with van der Waals surface area (Å²) < 4.78 is 5.45. The minimum Gasteiger partial charge on any atom is -0.496 e. The molecule has 0 aliphatic rings. The lowest BCUT2D eigenvalue weighted by Gasteiger charge is -2.23. The van der Waals surface area contributed by atoms with Crippen molar-refractivity contribution in [3.63, 3.8) is 0 Å². The zero-order valence-corrected chi connectivity index (χ0v) is 12.4. The molecule has 0 saturated heterocycles. The van der Waals surface area contributed by atoms with Crippen molar-refractivity contribution in [3.05, 3.63) is 46.4 Å². The quantitative estimate of drug-likeness (QED) is 0.867. The molecular weight excluding hydrogens is 256 g/mol. The Morgan fingerprint density at radius 2 is 2.16 bits per heavy atom. The van der Waals surface area contributed by atoms with Gasteiger partial charge in [0.05, 0.1) is 18.3 Å². The predicted molar refractivity (Wildman–Crippen MR) is 79.7 cm³/mol. The molecule has 0 aliphatic heterocycles. The summed E-state index contributed by atoms with van der Waals surface area (Å²) in [7, 11) is 1.72. The summed E-state index contributed by atoms with van der Waals surface area (Å²) in [5.74, 6) is 0.937. The van der Waals surface area contributed by atoms with E-state index in [0.717, 1.165) is 17.9 Å². The average Bonchev–Trinajstić information content (AvgIpc) is 2.98. The van der Waals surface area contributed by atoms with Gasteiger partial charge in [-0.3, -0.25) is 0 Å². The molecule has 0 radical (unpaired) electrons. The largest absolute Gasteiger partial charge is 0.496 e. The van der Waals surface area contributed by atoms with Gasteiger partial charge >= 0.3 is 0 Å². The highest BCUT2D eigenvalue weighted by atomic mass is 32.1. The maximum Gasteiger partial charge on any atom is 0.123 e. The van der Waals surface area contributed by atoms with Gasteiger partial charge in [-0.25, -0.2) is 4.98 Å². The van der Waals surface area contributed by atoms with E-state index < -0.39 is 0 Å². The molecule has 3 nitrogen and oxygen atoms in total. The van der Waals surface area contributed by atoms with Gasteiger partial charge in [-0.1, -0.05) is 25.1 Å². The number of hydrogen-bond donors (Lipinski definition) is 1. The molecule has 19 heavy (non-hydrogen) atoms. The van der Waals surface area contributed by atoms with E-state index in [-0.39, 0.29) is 12.1 Å². The molecule has 2 unspecified atom stereocenters. The van der Waals surface area contributed by atoms with Crippen LogP contribution < -0.4 is 10.1 Å². The van der Waals surface area contributed by atoms with Crippen molar-refractivity contribution in [2.75, 3.05) is 7.11 Å². The number of benzene rings is 1. The van der Waals surface area contributed by atoms with Crippen LogP contribution in [0.15, 0.2) is 35.2 Å². The van der Waals surface area contributed by atoms with Crippen LogP contribution in [0.2, 0.25) is 0 Å². The fourth-order valence-corrected chi connectivity index (χ4v) is 2.85. The molecule has 102 valence electrons. The fourth-order valence-electron chi connectivity index (χ4n) is 2.20. The topological polar surface area (TPSA) is 34.2 Å². The number of methoxy groups -OCH3 is 1. The van der Waals surface area contributed by atoms with E-state index in [1.54, 1.807) is 18.4 Å². The zero-order chi connectivity index (χ0) is 13.7. The average molecular weight is 276 g/mol. The number of ether oxygens (including phenoxy) is 1. The van der Waals surface area contributed by atoms with Crippen LogP contribution >= 0.6 is 11.3 Å². The summed E-state index contributed by atoms with van der Waals surface area (Å²) in [4.78, 5) is 4.36. The van der Waals surface area contributed by atoms with Crippen LogP contribution in [0.25, 0.3) is 0 Å². The van der Waals surface area contributed by atoms with Gasteiger partial charge in [0.2, 0.25) is 0 Å². The van der Waals surface area contributed by atoms with Gasteiger partial charge in [-0.05, 0) is 19.4 Å². The number of thiazole rings is 1. The van der Waals surface area contributed by atoms with Crippen LogP contribution in [-0.2, 0) is 0 Å². The monoisotopic (exact) mass is 276 g/mol. The van der Waals surface area contributed by atoms with Crippen LogP contribution in [0.5, 0.6) is 5.75 Å². The number of para-hydroxylation sites is 1. The Bertz CT molecular complexity index is 499. The first-order valence-corrected chi connectivity index (χ1v) is 7.47. The minimum atomic E-state index is 0.237. The first-order valence-electron chi connectivity index (χ1n) is 6.53. The highest BCUT2D eigenvalue weighted by Crippen LogP contribution is 2.29. The molecule has 4 heteroatoms. The van der Waals surface area contributed by atoms with Crippen molar-refractivity contribution < 1.29 is 4.74 Å². The Labute approximate surface area is 118 Å². The van der Waals surface area contributed by atoms with Crippen LogP contribution in [0.1, 0.15) is 43.6 Å². The van der Waals surface area contributed by atoms with E-state index in [1.807, 2.05) is 17.6 Å². The van der Waals surface area contributed by atoms with E-state index in [9.17, 15) is 0 Å². The predicted octanol–water partition coefficient (Wildman–Crippen LogP) is 3.95. The van der Waals surface area contributed by atoms with Crippen molar-refractivity contribution in [1.29, 1.82) is 0 Å². The molecule has 2 aromatic rings. The second kappa shape index (κ2) is 6.68. The van der Waals surface area contributed by atoms with Gasteiger partial charge in [0.1, 0.15) is 5.75 Å². The van der Waals surface area contributed by atoms with E-state index >= 15 is 0 Å². The molecule has 1 aromatic heterocycles. The Balaban J connectivity index is 2.16. The third kappa shape index (κ3) is 3.33. The number of nitrogens with one attached hydrogen (secondary N) is 1. The molecule has 0 amide bonds. The van der Waals surface area contributed by atoms with Crippen molar-refractivity contribution >= 4 is 11.3 Å². The highest BCUT2D eigenvalue weighted by molar-refractivity contribution is 7.07. The minimum absolute atomic E-state index is 0.237. The number of nitrogens with zero attached hydrogens (tertiary/aromatic N) is 1. The molecule has 1 aromatic carbocycles. The lowest BCUT2D eigenvalue weighted by atomic mass is 10.0. The first kappa shape index (κ1) is 14.0. The maximum atomic E-state index is 5.45. The summed E-state index contributed by atoms with van der Waals surface area (Å²) in [5, 5.41) is 5.71. The van der Waals surface area contributed by atoms with Crippen LogP contribution in [0.4, 0.5) is 0 Å². The summed E-state index contributed by atoms with van der Waals surface area (Å²) in [6, 6.07) is 8.68. The smallest absolute Gasteiger partial charge is 0.123 e. The van der Waals surface area contributed by atoms with Crippen LogP contribution in [0.3, 0.4) is 0 Å². The second-order valence-electron chi connectivity index (χ2n) is 4.50. The van der Waals surface area contributed by atoms with Crippen molar-refractivity contribution in [1.82, 2.24) is 10.3 Å². The highest BCUT2D eigenvalue weighted by Gasteiger charge is 2.17. The van der Waals surface area contributed by atoms with Gasteiger partial charge in [-0.2, -0.15) is 0 Å². The molecule has 2 rings (SSSR count). The maximum absolute atomic E-state index is 5.45. The van der Waals surface area contributed by atoms with Gasteiger partial charge in [-0.15, -0.1) is 11.3 Å². The van der Waals surface area contributed by atoms with Gasteiger partial charge in [0, 0.05) is 23.0 Å². The molecule has 0 aliphatic carbocycles. The van der Waals surface area contributed by atoms with Gasteiger partial charge < -0.3 is 10.1 Å². The molecule has 2 atom stereocenters. The fraction of sp³-hybridized carbons (Fsp3) is 0.400. The summed E-state index contributed by atoms with van der Waals surface area (Å²) in [6.07, 6.45) is 1.01. The van der Waals surface area contributed by atoms with Crippen LogP contribution in [-0.4, -0.2) is 12.1 Å². The number of rotatable bonds is 6. The number of hydrogen-bond acceptors (Lipinski definition) is 4. The molecule has 0 fully saturated rings. The Morgan fingerprint density at radius 3 is 2.79 bits per heavy atom. The standard InChI is InChI=1S/C15H20N2OS/c1-4-13(12-7-5-6-8-15(12)18-3)17-11(2)14-9-19-10-16-14/h5-11,13,17H,4H2,1-3H3. The van der Waals surface area contributed by atoms with Crippen LogP contribution in [0, 0.1) is 0 Å². The zero-order valence-electron chi connectivity index (χ0n) is 11.6. The summed E-state index contributed by atoms with van der Waals surface area (Å²) in [5.41, 5.74) is 4.17. The normalized spacial score (nSPS) is 14.1. The lowest BCUT2D eigenvalue weighted by Crippen LogP contribution is -2.24. The van der Waals surface area contributed by atoms with E-state index in [4.69, 9.17) is 4.74 Å². The molecule has 0 saturated carbocycles. The summed E-state index contributed by atoms with van der Waals surface area (Å²) in [6.45, 7) is 4.32. The third-order valence-corrected chi connectivity index (χ3v) is 3.87. The van der Waals surface area contributed by atoms with Crippen molar-refractivity contribution in [2.45, 2.75) is 32.4 Å². The van der Waals surface area contributed by atoms with E-state index in [2.05, 4.69) is 41.7 Å². The van der Waals surface area contributed by atoms with Crippen molar-refractivity contribution in [3.8, 4) is 5.75 Å². The van der Waals surface area contributed by atoms with E-state index in [0.29, 0.717) is 0 Å². The third-order valence-electron chi connectivity index (χ3n) is 3.27. The first-order chi connectivity index (χ1) is 9.26.